The van der Waals surface area contributed by atoms with Crippen LogP contribution in [0.4, 0.5) is 0 Å². The molecule has 0 aliphatic heterocycles. The van der Waals surface area contributed by atoms with E-state index in [0.29, 0.717) is 0 Å². The van der Waals surface area contributed by atoms with Gasteiger partial charge >= 0.3 is 0 Å². The molecule has 4 nitrogen and oxygen atoms in total. The number of nitrogens with zero attached hydrogens (tertiary/aromatic N) is 2. The molecule has 0 amide bonds. The third-order valence-electron chi connectivity index (χ3n) is 1.16. The first-order chi connectivity index (χ1) is 5.67. The van der Waals surface area contributed by atoms with Crippen LogP contribution >= 0.6 is 0 Å². The third-order valence-corrected chi connectivity index (χ3v) is 2.60. The van der Waals surface area contributed by atoms with Crippen molar-refractivity contribution in [1.82, 2.24) is 9.97 Å². The van der Waals surface area contributed by atoms with Gasteiger partial charge in [-0.15, -0.1) is 6.58 Å². The van der Waals surface area contributed by atoms with E-state index < -0.39 is 9.84 Å². The van der Waals surface area contributed by atoms with Crippen LogP contribution in [0.25, 0.3) is 0 Å². The van der Waals surface area contributed by atoms with Crippen LogP contribution in [0.5, 0.6) is 0 Å². The second kappa shape index (κ2) is 3.44. The molecule has 0 fully saturated rings. The van der Waals surface area contributed by atoms with Crippen LogP contribution in [0, 0.1) is 0 Å². The molecule has 1 heterocycles. The fraction of sp³-hybridized carbons (Fsp3) is 0.143. The zero-order valence-corrected chi connectivity index (χ0v) is 7.16. The van der Waals surface area contributed by atoms with Crippen molar-refractivity contribution < 1.29 is 8.42 Å². The molecule has 0 aliphatic carbocycles. The first-order valence-corrected chi connectivity index (χ1v) is 4.93. The Hall–Kier alpha value is -1.23. The molecule has 1 aromatic rings. The van der Waals surface area contributed by atoms with Crippen molar-refractivity contribution in [2.24, 2.45) is 0 Å². The number of hydrogen-bond acceptors (Lipinski definition) is 4. The molecule has 0 atom stereocenters. The number of aromatic nitrogens is 2. The van der Waals surface area contributed by atoms with E-state index in [4.69, 9.17) is 0 Å². The zero-order chi connectivity index (χ0) is 9.03. The molecule has 0 bridgehead atoms. The summed E-state index contributed by atoms with van der Waals surface area (Å²) in [6, 6.07) is 1.56. The fourth-order valence-electron chi connectivity index (χ4n) is 0.676. The van der Waals surface area contributed by atoms with Gasteiger partial charge in [0.05, 0.1) is 5.75 Å². The van der Waals surface area contributed by atoms with Crippen molar-refractivity contribution in [2.75, 3.05) is 5.75 Å². The highest BCUT2D eigenvalue weighted by molar-refractivity contribution is 7.91. The van der Waals surface area contributed by atoms with Crippen molar-refractivity contribution in [3.63, 3.8) is 0 Å². The number of sulfone groups is 1. The molecule has 1 rings (SSSR count). The lowest BCUT2D eigenvalue weighted by molar-refractivity contribution is 0.590. The molecular weight excluding hydrogens is 176 g/mol. The Balaban J connectivity index is 3.07. The number of rotatable bonds is 3. The maximum atomic E-state index is 11.2. The summed E-state index contributed by atoms with van der Waals surface area (Å²) in [5.74, 6) is -0.128. The van der Waals surface area contributed by atoms with E-state index in [2.05, 4.69) is 16.5 Å². The van der Waals surface area contributed by atoms with Crippen molar-refractivity contribution in [1.29, 1.82) is 0 Å². The lowest BCUT2D eigenvalue weighted by Gasteiger charge is -1.96. The minimum absolute atomic E-state index is 0.128. The summed E-state index contributed by atoms with van der Waals surface area (Å²) < 4.78 is 22.5. The first kappa shape index (κ1) is 8.86. The summed E-state index contributed by atoms with van der Waals surface area (Å²) in [5.41, 5.74) is 0. The second-order valence-corrected chi connectivity index (χ2v) is 4.03. The standard InChI is InChI=1S/C7H8N2O2S/c1-2-6-12(10,11)7-8-4-3-5-9-7/h2-5H,1,6H2. The molecule has 0 spiro atoms. The monoisotopic (exact) mass is 184 g/mol. The smallest absolute Gasteiger partial charge is 0.227 e. The van der Waals surface area contributed by atoms with Crippen LogP contribution in [-0.4, -0.2) is 24.1 Å². The van der Waals surface area contributed by atoms with Crippen LogP contribution in [-0.2, 0) is 9.84 Å². The molecule has 0 saturated heterocycles. The summed E-state index contributed by atoms with van der Waals surface area (Å²) in [6.45, 7) is 3.34. The lowest BCUT2D eigenvalue weighted by Crippen LogP contribution is -2.08. The van der Waals surface area contributed by atoms with E-state index in [0.717, 1.165) is 0 Å². The highest BCUT2D eigenvalue weighted by Gasteiger charge is 2.14. The maximum absolute atomic E-state index is 11.2. The van der Waals surface area contributed by atoms with Crippen molar-refractivity contribution in [3.8, 4) is 0 Å². The van der Waals surface area contributed by atoms with Gasteiger partial charge in [0.15, 0.2) is 0 Å². The Labute approximate surface area is 70.9 Å². The summed E-state index contributed by atoms with van der Waals surface area (Å²) in [4.78, 5) is 7.24. The van der Waals surface area contributed by atoms with Gasteiger partial charge in [0, 0.05) is 12.4 Å². The summed E-state index contributed by atoms with van der Waals surface area (Å²) in [7, 11) is -3.35. The van der Waals surface area contributed by atoms with Gasteiger partial charge in [0.25, 0.3) is 0 Å². The largest absolute Gasteiger partial charge is 0.247 e. The molecule has 0 saturated carbocycles. The van der Waals surface area contributed by atoms with Gasteiger partial charge < -0.3 is 0 Å². The van der Waals surface area contributed by atoms with Gasteiger partial charge in [-0.2, -0.15) is 0 Å². The van der Waals surface area contributed by atoms with Gasteiger partial charge in [-0.25, -0.2) is 18.4 Å². The van der Waals surface area contributed by atoms with E-state index in [1.165, 1.54) is 18.5 Å². The van der Waals surface area contributed by atoms with Crippen LogP contribution in [0.15, 0.2) is 36.3 Å². The molecule has 12 heavy (non-hydrogen) atoms. The average Bonchev–Trinajstić information content (AvgIpc) is 2.06. The van der Waals surface area contributed by atoms with E-state index in [1.807, 2.05) is 0 Å². The van der Waals surface area contributed by atoms with Crippen LogP contribution in [0.1, 0.15) is 0 Å². The van der Waals surface area contributed by atoms with E-state index in [-0.39, 0.29) is 10.9 Å². The van der Waals surface area contributed by atoms with Crippen molar-refractivity contribution >= 4 is 9.84 Å². The minimum Gasteiger partial charge on any atom is -0.227 e. The van der Waals surface area contributed by atoms with Crippen molar-refractivity contribution in [3.05, 3.63) is 31.1 Å². The molecule has 0 unspecified atom stereocenters. The Bertz CT molecular complexity index is 358. The highest BCUT2D eigenvalue weighted by Crippen LogP contribution is 2.01. The predicted octanol–water partition coefficient (Wildman–Crippen LogP) is 0.436. The molecule has 0 aliphatic rings. The molecule has 1 aromatic heterocycles. The Kier molecular flexibility index (Phi) is 2.54. The zero-order valence-electron chi connectivity index (χ0n) is 6.34. The highest BCUT2D eigenvalue weighted by atomic mass is 32.2. The Morgan fingerprint density at radius 3 is 2.50 bits per heavy atom. The van der Waals surface area contributed by atoms with Gasteiger partial charge in [0.2, 0.25) is 15.0 Å². The second-order valence-electron chi connectivity index (χ2n) is 2.10. The molecule has 0 aromatic carbocycles. The summed E-state index contributed by atoms with van der Waals surface area (Å²) in [6.07, 6.45) is 4.09. The van der Waals surface area contributed by atoms with Crippen LogP contribution < -0.4 is 0 Å². The third kappa shape index (κ3) is 1.88. The molecule has 0 radical (unpaired) electrons. The van der Waals surface area contributed by atoms with Gasteiger partial charge in [-0.1, -0.05) is 6.08 Å². The molecule has 5 heteroatoms. The normalized spacial score (nSPS) is 11.0. The van der Waals surface area contributed by atoms with Gasteiger partial charge in [-0.05, 0) is 6.07 Å². The van der Waals surface area contributed by atoms with Gasteiger partial charge in [0.1, 0.15) is 0 Å². The fourth-order valence-corrected chi connectivity index (χ4v) is 1.58. The minimum atomic E-state index is -3.35. The van der Waals surface area contributed by atoms with Gasteiger partial charge in [-0.3, -0.25) is 0 Å². The number of hydrogen-bond donors (Lipinski definition) is 0. The SMILES string of the molecule is C=CCS(=O)(=O)c1ncccn1. The van der Waals surface area contributed by atoms with E-state index in [9.17, 15) is 8.42 Å². The predicted molar refractivity (Wildman–Crippen MR) is 44.3 cm³/mol. The lowest BCUT2D eigenvalue weighted by atomic mass is 10.7. The quantitative estimate of drug-likeness (QED) is 0.505. The Morgan fingerprint density at radius 2 is 2.00 bits per heavy atom. The summed E-state index contributed by atoms with van der Waals surface area (Å²) >= 11 is 0. The first-order valence-electron chi connectivity index (χ1n) is 3.27. The van der Waals surface area contributed by atoms with Crippen LogP contribution in [0.2, 0.25) is 0 Å². The van der Waals surface area contributed by atoms with Crippen LogP contribution in [0.3, 0.4) is 0 Å². The molecule has 64 valence electrons. The average molecular weight is 184 g/mol. The maximum Gasteiger partial charge on any atom is 0.247 e. The summed E-state index contributed by atoms with van der Waals surface area (Å²) in [5, 5.41) is -0.148. The Morgan fingerprint density at radius 1 is 1.42 bits per heavy atom. The molecular formula is C7H8N2O2S. The molecule has 0 N–H and O–H groups in total. The van der Waals surface area contributed by atoms with E-state index in [1.54, 1.807) is 6.07 Å². The van der Waals surface area contributed by atoms with E-state index >= 15 is 0 Å². The topological polar surface area (TPSA) is 59.9 Å². The van der Waals surface area contributed by atoms with Crippen molar-refractivity contribution in [2.45, 2.75) is 5.16 Å².